The van der Waals surface area contributed by atoms with Crippen LogP contribution >= 0.6 is 0 Å². The first kappa shape index (κ1) is 9.23. The Morgan fingerprint density at radius 3 is 2.79 bits per heavy atom. The molecule has 2 rings (SSSR count). The Morgan fingerprint density at radius 1 is 1.43 bits per heavy atom. The minimum Gasteiger partial charge on any atom is -0.379 e. The number of hydrogen-bond donors (Lipinski definition) is 0. The molecule has 0 bridgehead atoms. The molecule has 1 aliphatic heterocycles. The molecule has 0 radical (unpaired) electrons. The van der Waals surface area contributed by atoms with E-state index >= 15 is 0 Å². The van der Waals surface area contributed by atoms with Crippen LogP contribution in [0.3, 0.4) is 0 Å². The number of ether oxygens (including phenoxy) is 1. The van der Waals surface area contributed by atoms with Crippen LogP contribution in [0.4, 0.5) is 0 Å². The van der Waals surface area contributed by atoms with E-state index in [0.717, 1.165) is 12.0 Å². The summed E-state index contributed by atoms with van der Waals surface area (Å²) in [6.45, 7) is 3.28. The molecule has 1 unspecified atom stereocenters. The van der Waals surface area contributed by atoms with Gasteiger partial charge in [-0.15, -0.1) is 0 Å². The van der Waals surface area contributed by atoms with E-state index in [0.29, 0.717) is 13.2 Å². The molecule has 0 spiro atoms. The first-order valence-corrected chi connectivity index (χ1v) is 4.84. The highest BCUT2D eigenvalue weighted by atomic mass is 16.5. The van der Waals surface area contributed by atoms with Gasteiger partial charge in [0.25, 0.3) is 0 Å². The fourth-order valence-corrected chi connectivity index (χ4v) is 2.04. The zero-order valence-electron chi connectivity index (χ0n) is 8.29. The first-order chi connectivity index (χ1) is 6.78. The molecule has 0 amide bonds. The van der Waals surface area contributed by atoms with Crippen molar-refractivity contribution < 1.29 is 4.74 Å². The molecule has 1 atom stereocenters. The van der Waals surface area contributed by atoms with E-state index in [1.54, 1.807) is 0 Å². The summed E-state index contributed by atoms with van der Waals surface area (Å²) in [4.78, 5) is 0. The predicted molar refractivity (Wildman–Crippen MR) is 53.9 cm³/mol. The Bertz CT molecular complexity index is 372. The van der Waals surface area contributed by atoms with E-state index in [2.05, 4.69) is 6.07 Å². The number of hydrogen-bond acceptors (Lipinski definition) is 2. The lowest BCUT2D eigenvalue weighted by Crippen LogP contribution is -2.25. The summed E-state index contributed by atoms with van der Waals surface area (Å²) in [5.41, 5.74) is 1.91. The minimum atomic E-state index is -0.397. The number of benzene rings is 1. The molecule has 1 fully saturated rings. The highest BCUT2D eigenvalue weighted by Crippen LogP contribution is 2.34. The van der Waals surface area contributed by atoms with Crippen molar-refractivity contribution in [1.82, 2.24) is 0 Å². The van der Waals surface area contributed by atoms with Gasteiger partial charge in [-0.2, -0.15) is 5.26 Å². The van der Waals surface area contributed by atoms with E-state index in [-0.39, 0.29) is 0 Å². The van der Waals surface area contributed by atoms with Gasteiger partial charge in [-0.3, -0.25) is 0 Å². The predicted octanol–water partition coefficient (Wildman–Crippen LogP) is 2.18. The smallest absolute Gasteiger partial charge is 0.108 e. The van der Waals surface area contributed by atoms with Crippen molar-refractivity contribution >= 4 is 0 Å². The highest BCUT2D eigenvalue weighted by Gasteiger charge is 2.37. The van der Waals surface area contributed by atoms with E-state index in [4.69, 9.17) is 4.74 Å². The molecule has 2 nitrogen and oxygen atoms in total. The van der Waals surface area contributed by atoms with Crippen molar-refractivity contribution in [1.29, 1.82) is 5.26 Å². The van der Waals surface area contributed by atoms with Gasteiger partial charge < -0.3 is 4.74 Å². The van der Waals surface area contributed by atoms with E-state index in [1.165, 1.54) is 5.56 Å². The van der Waals surface area contributed by atoms with Gasteiger partial charge in [-0.05, 0) is 24.5 Å². The molecule has 14 heavy (non-hydrogen) atoms. The van der Waals surface area contributed by atoms with Crippen molar-refractivity contribution in [3.05, 3.63) is 35.4 Å². The highest BCUT2D eigenvalue weighted by molar-refractivity contribution is 5.39. The summed E-state index contributed by atoms with van der Waals surface area (Å²) in [6, 6.07) is 10.5. The second-order valence-corrected chi connectivity index (χ2v) is 3.81. The number of rotatable bonds is 1. The lowest BCUT2D eigenvalue weighted by atomic mass is 9.79. The van der Waals surface area contributed by atoms with Crippen LogP contribution in [0.2, 0.25) is 0 Å². The summed E-state index contributed by atoms with van der Waals surface area (Å²) in [6.07, 6.45) is 0.814. The van der Waals surface area contributed by atoms with Gasteiger partial charge >= 0.3 is 0 Å². The van der Waals surface area contributed by atoms with Gasteiger partial charge in [0, 0.05) is 6.61 Å². The Morgan fingerprint density at radius 2 is 2.21 bits per heavy atom. The van der Waals surface area contributed by atoms with Gasteiger partial charge in [0.2, 0.25) is 0 Å². The molecule has 1 aliphatic rings. The summed E-state index contributed by atoms with van der Waals surface area (Å²) in [5.74, 6) is 0. The van der Waals surface area contributed by atoms with E-state index in [9.17, 15) is 5.26 Å². The molecule has 0 aromatic heterocycles. The topological polar surface area (TPSA) is 33.0 Å². The zero-order chi connectivity index (χ0) is 10.0. The molecule has 1 saturated heterocycles. The minimum absolute atomic E-state index is 0.397. The van der Waals surface area contributed by atoms with Crippen LogP contribution in [-0.2, 0) is 10.2 Å². The number of nitrogens with zero attached hydrogens (tertiary/aromatic N) is 1. The Hall–Kier alpha value is -1.33. The van der Waals surface area contributed by atoms with Crippen LogP contribution in [0.25, 0.3) is 0 Å². The Kier molecular flexibility index (Phi) is 2.26. The Balaban J connectivity index is 2.47. The fourth-order valence-electron chi connectivity index (χ4n) is 2.04. The van der Waals surface area contributed by atoms with Gasteiger partial charge in [0.15, 0.2) is 0 Å². The van der Waals surface area contributed by atoms with E-state index < -0.39 is 5.41 Å². The fraction of sp³-hybridized carbons (Fsp3) is 0.417. The van der Waals surface area contributed by atoms with Crippen molar-refractivity contribution in [2.75, 3.05) is 13.2 Å². The van der Waals surface area contributed by atoms with Crippen LogP contribution in [0.15, 0.2) is 24.3 Å². The second kappa shape index (κ2) is 3.43. The standard InChI is InChI=1S/C12H13NO/c1-10-4-2-3-5-11(10)12(8-13)6-7-14-9-12/h2-5H,6-7,9H2,1H3. The Labute approximate surface area is 84.1 Å². The molecular weight excluding hydrogens is 174 g/mol. The van der Waals surface area contributed by atoms with Crippen molar-refractivity contribution in [3.63, 3.8) is 0 Å². The SMILES string of the molecule is Cc1ccccc1C1(C#N)CCOC1. The molecule has 1 heterocycles. The maximum atomic E-state index is 9.26. The average molecular weight is 187 g/mol. The molecule has 0 N–H and O–H groups in total. The normalized spacial score (nSPS) is 26.0. The number of aryl methyl sites for hydroxylation is 1. The molecule has 1 aromatic rings. The monoisotopic (exact) mass is 187 g/mol. The molecule has 0 aliphatic carbocycles. The average Bonchev–Trinajstić information content (AvgIpc) is 2.68. The summed E-state index contributed by atoms with van der Waals surface area (Å²) >= 11 is 0. The maximum Gasteiger partial charge on any atom is 0.108 e. The summed E-state index contributed by atoms with van der Waals surface area (Å²) in [5, 5.41) is 9.26. The van der Waals surface area contributed by atoms with Crippen LogP contribution in [-0.4, -0.2) is 13.2 Å². The third-order valence-electron chi connectivity index (χ3n) is 2.90. The van der Waals surface area contributed by atoms with Gasteiger partial charge in [0.05, 0.1) is 12.7 Å². The first-order valence-electron chi connectivity index (χ1n) is 4.84. The van der Waals surface area contributed by atoms with Crippen LogP contribution < -0.4 is 0 Å². The third kappa shape index (κ3) is 1.30. The van der Waals surface area contributed by atoms with Crippen LogP contribution in [0.5, 0.6) is 0 Å². The lowest BCUT2D eigenvalue weighted by Gasteiger charge is -2.20. The number of nitriles is 1. The van der Waals surface area contributed by atoms with E-state index in [1.807, 2.05) is 31.2 Å². The van der Waals surface area contributed by atoms with Crippen molar-refractivity contribution in [2.45, 2.75) is 18.8 Å². The van der Waals surface area contributed by atoms with Crippen LogP contribution in [0, 0.1) is 18.3 Å². The van der Waals surface area contributed by atoms with Crippen molar-refractivity contribution in [3.8, 4) is 6.07 Å². The van der Waals surface area contributed by atoms with Gasteiger partial charge in [0.1, 0.15) is 5.41 Å². The van der Waals surface area contributed by atoms with Crippen molar-refractivity contribution in [2.24, 2.45) is 0 Å². The molecule has 1 aromatic carbocycles. The summed E-state index contributed by atoms with van der Waals surface area (Å²) < 4.78 is 5.34. The van der Waals surface area contributed by atoms with Gasteiger partial charge in [-0.1, -0.05) is 24.3 Å². The second-order valence-electron chi connectivity index (χ2n) is 3.81. The molecule has 0 saturated carbocycles. The molecule has 72 valence electrons. The molecular formula is C12H13NO. The van der Waals surface area contributed by atoms with Crippen LogP contribution in [0.1, 0.15) is 17.5 Å². The largest absolute Gasteiger partial charge is 0.379 e. The quantitative estimate of drug-likeness (QED) is 0.675. The lowest BCUT2D eigenvalue weighted by molar-refractivity contribution is 0.186. The zero-order valence-corrected chi connectivity index (χ0v) is 8.29. The maximum absolute atomic E-state index is 9.26. The molecule has 2 heteroatoms. The summed E-state index contributed by atoms with van der Waals surface area (Å²) in [7, 11) is 0. The third-order valence-corrected chi connectivity index (χ3v) is 2.90. The van der Waals surface area contributed by atoms with Gasteiger partial charge in [-0.25, -0.2) is 0 Å².